The summed E-state index contributed by atoms with van der Waals surface area (Å²) in [7, 11) is -3.98. The lowest BCUT2D eigenvalue weighted by molar-refractivity contribution is 0.200. The fourth-order valence-corrected chi connectivity index (χ4v) is 3.79. The lowest BCUT2D eigenvalue weighted by atomic mass is 10.0. The molecule has 0 fully saturated rings. The molecule has 1 atom stereocenters. The van der Waals surface area contributed by atoms with Crippen molar-refractivity contribution in [1.29, 1.82) is 0 Å². The normalized spacial score (nSPS) is 13.1. The number of aliphatic hydroxyl groups excluding tert-OH is 1. The molecule has 124 valence electrons. The van der Waals surface area contributed by atoms with E-state index in [1.54, 1.807) is 0 Å². The van der Waals surface area contributed by atoms with Crippen LogP contribution in [0.5, 0.6) is 0 Å². The maximum absolute atomic E-state index is 13.5. The number of hydrogen-bond acceptors (Lipinski definition) is 3. The maximum atomic E-state index is 13.5. The van der Waals surface area contributed by atoms with Crippen LogP contribution in [0.3, 0.4) is 0 Å². The van der Waals surface area contributed by atoms with Crippen molar-refractivity contribution >= 4 is 9.84 Å². The van der Waals surface area contributed by atoms with Gasteiger partial charge in [-0.2, -0.15) is 0 Å². The van der Waals surface area contributed by atoms with Gasteiger partial charge in [0.2, 0.25) is 0 Å². The van der Waals surface area contributed by atoms with Crippen molar-refractivity contribution in [3.63, 3.8) is 0 Å². The van der Waals surface area contributed by atoms with Crippen molar-refractivity contribution in [3.8, 4) is 0 Å². The summed E-state index contributed by atoms with van der Waals surface area (Å²) in [5.74, 6) is -3.99. The Kier molecular flexibility index (Phi) is 5.11. The molecule has 2 rings (SSSR count). The molecule has 3 nitrogen and oxygen atoms in total. The van der Waals surface area contributed by atoms with Crippen LogP contribution in [-0.4, -0.2) is 19.3 Å². The Balaban J connectivity index is 2.21. The molecule has 0 saturated heterocycles. The molecule has 0 amide bonds. The van der Waals surface area contributed by atoms with Gasteiger partial charge < -0.3 is 5.11 Å². The molecule has 0 spiro atoms. The monoisotopic (exact) mass is 344 g/mol. The summed E-state index contributed by atoms with van der Waals surface area (Å²) in [5.41, 5.74) is 0.0873. The topological polar surface area (TPSA) is 54.4 Å². The molecule has 2 aromatic rings. The van der Waals surface area contributed by atoms with Crippen molar-refractivity contribution in [1.82, 2.24) is 0 Å². The molecule has 0 radical (unpaired) electrons. The minimum Gasteiger partial charge on any atom is -0.387 e. The number of aliphatic hydroxyl groups is 1. The second-order valence-corrected chi connectivity index (χ2v) is 7.38. The zero-order valence-electron chi connectivity index (χ0n) is 12.3. The number of aryl methyl sites for hydroxylation is 1. The Bertz CT molecular complexity index is 799. The first-order valence-corrected chi connectivity index (χ1v) is 8.59. The second-order valence-electron chi connectivity index (χ2n) is 5.27. The van der Waals surface area contributed by atoms with Crippen LogP contribution < -0.4 is 0 Å². The van der Waals surface area contributed by atoms with E-state index in [1.807, 2.05) is 0 Å². The van der Waals surface area contributed by atoms with Crippen molar-refractivity contribution in [2.75, 3.05) is 5.75 Å². The summed E-state index contributed by atoms with van der Waals surface area (Å²) >= 11 is 0. The van der Waals surface area contributed by atoms with Gasteiger partial charge in [0.05, 0.1) is 17.6 Å². The van der Waals surface area contributed by atoms with E-state index in [0.717, 1.165) is 24.3 Å². The van der Waals surface area contributed by atoms with Gasteiger partial charge in [0, 0.05) is 5.56 Å². The average Bonchev–Trinajstić information content (AvgIpc) is 2.42. The first-order valence-electron chi connectivity index (χ1n) is 6.77. The van der Waals surface area contributed by atoms with Gasteiger partial charge in [-0.05, 0) is 42.3 Å². The van der Waals surface area contributed by atoms with E-state index in [2.05, 4.69) is 0 Å². The predicted octanol–water partition coefficient (Wildman–Crippen LogP) is 3.06. The molecule has 0 saturated carbocycles. The number of sulfone groups is 1. The summed E-state index contributed by atoms with van der Waals surface area (Å²) < 4.78 is 64.3. The van der Waals surface area contributed by atoms with Gasteiger partial charge in [0.1, 0.15) is 17.5 Å². The van der Waals surface area contributed by atoms with Crippen LogP contribution in [0.1, 0.15) is 22.8 Å². The number of halogens is 3. The fourth-order valence-electron chi connectivity index (χ4n) is 2.29. The maximum Gasteiger partial charge on any atom is 0.157 e. The van der Waals surface area contributed by atoms with Crippen molar-refractivity contribution in [2.45, 2.75) is 18.8 Å². The molecule has 7 heteroatoms. The third kappa shape index (κ3) is 4.33. The van der Waals surface area contributed by atoms with Gasteiger partial charge in [-0.1, -0.05) is 12.1 Å². The highest BCUT2D eigenvalue weighted by Crippen LogP contribution is 2.23. The molecule has 2 aromatic carbocycles. The van der Waals surface area contributed by atoms with Crippen LogP contribution in [0, 0.1) is 24.4 Å². The van der Waals surface area contributed by atoms with Gasteiger partial charge in [0.25, 0.3) is 0 Å². The molecular formula is C16H15F3O3S. The van der Waals surface area contributed by atoms with Crippen molar-refractivity contribution < 1.29 is 26.7 Å². The molecule has 0 aliphatic rings. The second kappa shape index (κ2) is 6.72. The van der Waals surface area contributed by atoms with Crippen LogP contribution in [0.2, 0.25) is 0 Å². The molecule has 1 unspecified atom stereocenters. The summed E-state index contributed by atoms with van der Waals surface area (Å²) in [6.45, 7) is 1.53. The SMILES string of the molecule is Cc1cc(F)ccc1C(O)CS(=O)(=O)Cc1c(F)cccc1F. The zero-order valence-corrected chi connectivity index (χ0v) is 13.1. The Labute approximate surface area is 132 Å². The summed E-state index contributed by atoms with van der Waals surface area (Å²) in [5, 5.41) is 10.1. The lowest BCUT2D eigenvalue weighted by Crippen LogP contribution is -2.18. The standard InChI is InChI=1S/C16H15F3O3S/c1-10-7-11(17)5-6-12(10)16(20)9-23(21,22)8-13-14(18)3-2-4-15(13)19/h2-7,16,20H,8-9H2,1H3. The van der Waals surface area contributed by atoms with Crippen LogP contribution >= 0.6 is 0 Å². The quantitative estimate of drug-likeness (QED) is 0.907. The Hall–Kier alpha value is -1.86. The first-order chi connectivity index (χ1) is 10.7. The van der Waals surface area contributed by atoms with Crippen molar-refractivity contribution in [2.24, 2.45) is 0 Å². The van der Waals surface area contributed by atoms with Gasteiger partial charge >= 0.3 is 0 Å². The Morgan fingerprint density at radius 3 is 2.26 bits per heavy atom. The number of hydrogen-bond donors (Lipinski definition) is 1. The highest BCUT2D eigenvalue weighted by Gasteiger charge is 2.23. The van der Waals surface area contributed by atoms with Gasteiger partial charge in [-0.25, -0.2) is 21.6 Å². The molecule has 0 bridgehead atoms. The average molecular weight is 344 g/mol. The molecule has 0 aromatic heterocycles. The van der Waals surface area contributed by atoms with Crippen LogP contribution in [-0.2, 0) is 15.6 Å². The summed E-state index contributed by atoms with van der Waals surface area (Å²) in [4.78, 5) is 0. The van der Waals surface area contributed by atoms with E-state index in [9.17, 15) is 26.7 Å². The van der Waals surface area contributed by atoms with Crippen molar-refractivity contribution in [3.05, 3.63) is 70.5 Å². The van der Waals surface area contributed by atoms with E-state index >= 15 is 0 Å². The van der Waals surface area contributed by atoms with Gasteiger partial charge in [0.15, 0.2) is 9.84 Å². The molecule has 23 heavy (non-hydrogen) atoms. The molecule has 0 aliphatic carbocycles. The minimum absolute atomic E-state index is 0.254. The summed E-state index contributed by atoms with van der Waals surface area (Å²) in [6, 6.07) is 6.63. The Morgan fingerprint density at radius 2 is 1.70 bits per heavy atom. The lowest BCUT2D eigenvalue weighted by Gasteiger charge is -2.14. The largest absolute Gasteiger partial charge is 0.387 e. The predicted molar refractivity (Wildman–Crippen MR) is 79.9 cm³/mol. The molecular weight excluding hydrogens is 329 g/mol. The van der Waals surface area contributed by atoms with Crippen LogP contribution in [0.15, 0.2) is 36.4 Å². The van der Waals surface area contributed by atoms with E-state index in [4.69, 9.17) is 0 Å². The summed E-state index contributed by atoms with van der Waals surface area (Å²) in [6.07, 6.45) is -1.41. The molecule has 0 aliphatic heterocycles. The van der Waals surface area contributed by atoms with E-state index < -0.39 is 50.5 Å². The van der Waals surface area contributed by atoms with Crippen LogP contribution in [0.4, 0.5) is 13.2 Å². The highest BCUT2D eigenvalue weighted by molar-refractivity contribution is 7.90. The molecule has 0 heterocycles. The number of rotatable bonds is 5. The first kappa shape index (κ1) is 17.5. The number of benzene rings is 2. The highest BCUT2D eigenvalue weighted by atomic mass is 32.2. The smallest absolute Gasteiger partial charge is 0.157 e. The van der Waals surface area contributed by atoms with E-state index in [0.29, 0.717) is 5.56 Å². The third-order valence-electron chi connectivity index (χ3n) is 3.43. The zero-order chi connectivity index (χ0) is 17.2. The minimum atomic E-state index is -3.98. The molecule has 1 N–H and O–H groups in total. The van der Waals surface area contributed by atoms with Crippen LogP contribution in [0.25, 0.3) is 0 Å². The third-order valence-corrected chi connectivity index (χ3v) is 4.98. The van der Waals surface area contributed by atoms with Gasteiger partial charge in [-0.15, -0.1) is 0 Å². The fraction of sp³-hybridized carbons (Fsp3) is 0.250. The Morgan fingerprint density at radius 1 is 1.09 bits per heavy atom. The van der Waals surface area contributed by atoms with E-state index in [-0.39, 0.29) is 5.56 Å². The van der Waals surface area contributed by atoms with E-state index in [1.165, 1.54) is 19.1 Å². The van der Waals surface area contributed by atoms with Gasteiger partial charge in [-0.3, -0.25) is 0 Å².